The van der Waals surface area contributed by atoms with Crippen LogP contribution in [-0.4, -0.2) is 25.2 Å². The Labute approximate surface area is 105 Å². The summed E-state index contributed by atoms with van der Waals surface area (Å²) < 4.78 is 4.91. The van der Waals surface area contributed by atoms with E-state index in [9.17, 15) is 4.79 Å². The molecule has 1 rings (SSSR count). The summed E-state index contributed by atoms with van der Waals surface area (Å²) >= 11 is 0. The van der Waals surface area contributed by atoms with Crippen LogP contribution in [-0.2, 0) is 9.53 Å². The van der Waals surface area contributed by atoms with Crippen molar-refractivity contribution in [2.24, 2.45) is 11.8 Å². The van der Waals surface area contributed by atoms with E-state index in [0.29, 0.717) is 30.7 Å². The third-order valence-electron chi connectivity index (χ3n) is 3.85. The van der Waals surface area contributed by atoms with Gasteiger partial charge >= 0.3 is 5.97 Å². The second kappa shape index (κ2) is 6.80. The lowest BCUT2D eigenvalue weighted by atomic mass is 9.78. The molecule has 0 bridgehead atoms. The van der Waals surface area contributed by atoms with Crippen molar-refractivity contribution in [3.8, 4) is 0 Å². The number of carbonyl (C=O) groups is 1. The fourth-order valence-corrected chi connectivity index (χ4v) is 2.43. The van der Waals surface area contributed by atoms with Gasteiger partial charge in [0, 0.05) is 18.2 Å². The van der Waals surface area contributed by atoms with E-state index in [1.807, 2.05) is 6.92 Å². The molecule has 0 saturated heterocycles. The van der Waals surface area contributed by atoms with E-state index in [1.165, 1.54) is 19.3 Å². The van der Waals surface area contributed by atoms with E-state index < -0.39 is 0 Å². The number of esters is 1. The fraction of sp³-hybridized carbons (Fsp3) is 0.786. The summed E-state index contributed by atoms with van der Waals surface area (Å²) in [5.74, 6) is 1.15. The van der Waals surface area contributed by atoms with Crippen LogP contribution < -0.4 is 5.32 Å². The summed E-state index contributed by atoms with van der Waals surface area (Å²) in [7, 11) is 0. The molecule has 0 aromatic carbocycles. The van der Waals surface area contributed by atoms with Crippen molar-refractivity contribution in [1.82, 2.24) is 5.32 Å². The first-order valence-electron chi connectivity index (χ1n) is 6.64. The molecule has 0 aromatic heterocycles. The van der Waals surface area contributed by atoms with Crippen molar-refractivity contribution in [1.29, 1.82) is 0 Å². The number of ether oxygens (including phenoxy) is 1. The lowest BCUT2D eigenvalue weighted by Gasteiger charge is -2.34. The maximum atomic E-state index is 11.4. The molecule has 98 valence electrons. The zero-order valence-corrected chi connectivity index (χ0v) is 11.3. The minimum Gasteiger partial charge on any atom is -0.463 e. The average molecular weight is 239 g/mol. The molecule has 17 heavy (non-hydrogen) atoms. The van der Waals surface area contributed by atoms with E-state index in [1.54, 1.807) is 0 Å². The van der Waals surface area contributed by atoms with E-state index in [2.05, 4.69) is 25.7 Å². The molecule has 1 fully saturated rings. The Morgan fingerprint density at radius 1 is 1.41 bits per heavy atom. The highest BCUT2D eigenvalue weighted by Gasteiger charge is 2.26. The molecule has 1 aliphatic rings. The molecule has 0 aliphatic heterocycles. The van der Waals surface area contributed by atoms with Crippen molar-refractivity contribution in [2.75, 3.05) is 13.2 Å². The Kier molecular flexibility index (Phi) is 5.69. The Morgan fingerprint density at radius 3 is 2.76 bits per heavy atom. The first kappa shape index (κ1) is 14.2. The SMILES string of the molecule is C=C(CNC1CCCC(C)C1C)C(=O)OCC. The fourth-order valence-electron chi connectivity index (χ4n) is 2.43. The largest absolute Gasteiger partial charge is 0.463 e. The Hall–Kier alpha value is -0.830. The van der Waals surface area contributed by atoms with E-state index in [-0.39, 0.29) is 5.97 Å². The molecule has 1 N–H and O–H groups in total. The van der Waals surface area contributed by atoms with Gasteiger partial charge in [-0.1, -0.05) is 33.3 Å². The van der Waals surface area contributed by atoms with Gasteiger partial charge in [0.1, 0.15) is 0 Å². The highest BCUT2D eigenvalue weighted by Crippen LogP contribution is 2.29. The number of hydrogen-bond donors (Lipinski definition) is 1. The van der Waals surface area contributed by atoms with Crippen LogP contribution in [0, 0.1) is 11.8 Å². The van der Waals surface area contributed by atoms with E-state index in [4.69, 9.17) is 4.74 Å². The minimum atomic E-state index is -0.281. The van der Waals surface area contributed by atoms with Gasteiger partial charge in [-0.2, -0.15) is 0 Å². The maximum absolute atomic E-state index is 11.4. The van der Waals surface area contributed by atoms with Crippen LogP contribution in [0.25, 0.3) is 0 Å². The van der Waals surface area contributed by atoms with Crippen molar-refractivity contribution in [2.45, 2.75) is 46.1 Å². The molecule has 3 unspecified atom stereocenters. The average Bonchev–Trinajstić information content (AvgIpc) is 2.31. The number of hydrogen-bond acceptors (Lipinski definition) is 3. The third kappa shape index (κ3) is 4.15. The Balaban J connectivity index is 2.34. The van der Waals surface area contributed by atoms with Crippen molar-refractivity contribution in [3.05, 3.63) is 12.2 Å². The summed E-state index contributed by atoms with van der Waals surface area (Å²) in [5.41, 5.74) is 0.525. The molecule has 3 heteroatoms. The molecule has 3 atom stereocenters. The monoisotopic (exact) mass is 239 g/mol. The topological polar surface area (TPSA) is 38.3 Å². The van der Waals surface area contributed by atoms with Gasteiger partial charge in [0.2, 0.25) is 0 Å². The molecule has 0 aromatic rings. The summed E-state index contributed by atoms with van der Waals surface area (Å²) in [6, 6.07) is 0.505. The number of rotatable bonds is 5. The molecule has 1 saturated carbocycles. The third-order valence-corrected chi connectivity index (χ3v) is 3.85. The van der Waals surface area contributed by atoms with Crippen LogP contribution in [0.5, 0.6) is 0 Å². The number of carbonyl (C=O) groups excluding carboxylic acids is 1. The predicted octanol–water partition coefficient (Wildman–Crippen LogP) is 2.52. The van der Waals surface area contributed by atoms with E-state index >= 15 is 0 Å². The van der Waals surface area contributed by atoms with Gasteiger partial charge in [-0.3, -0.25) is 0 Å². The van der Waals surface area contributed by atoms with Gasteiger partial charge in [-0.25, -0.2) is 4.79 Å². The summed E-state index contributed by atoms with van der Waals surface area (Å²) in [6.07, 6.45) is 3.79. The number of nitrogens with one attached hydrogen (secondary N) is 1. The molecule has 0 radical (unpaired) electrons. The molecule has 0 spiro atoms. The second-order valence-electron chi connectivity index (χ2n) is 5.08. The molecule has 0 heterocycles. The van der Waals surface area contributed by atoms with Crippen molar-refractivity contribution < 1.29 is 9.53 Å². The molecule has 3 nitrogen and oxygen atoms in total. The Morgan fingerprint density at radius 2 is 2.12 bits per heavy atom. The lowest BCUT2D eigenvalue weighted by molar-refractivity contribution is -0.138. The van der Waals surface area contributed by atoms with Gasteiger partial charge in [-0.15, -0.1) is 0 Å². The summed E-state index contributed by atoms with van der Waals surface area (Å²) in [5, 5.41) is 3.44. The van der Waals surface area contributed by atoms with Crippen LogP contribution in [0.2, 0.25) is 0 Å². The van der Waals surface area contributed by atoms with Gasteiger partial charge in [0.15, 0.2) is 0 Å². The minimum absolute atomic E-state index is 0.281. The van der Waals surface area contributed by atoms with Gasteiger partial charge in [0.25, 0.3) is 0 Å². The van der Waals surface area contributed by atoms with Crippen molar-refractivity contribution >= 4 is 5.97 Å². The second-order valence-corrected chi connectivity index (χ2v) is 5.08. The zero-order chi connectivity index (χ0) is 12.8. The first-order valence-corrected chi connectivity index (χ1v) is 6.64. The molecule has 0 amide bonds. The lowest BCUT2D eigenvalue weighted by Crippen LogP contribution is -2.42. The van der Waals surface area contributed by atoms with Crippen molar-refractivity contribution in [3.63, 3.8) is 0 Å². The molecular weight excluding hydrogens is 214 g/mol. The standard InChI is InChI=1S/C14H25NO2/c1-5-17-14(16)11(3)9-15-13-8-6-7-10(2)12(13)4/h10,12-13,15H,3,5-9H2,1-2,4H3. The molecule has 1 aliphatic carbocycles. The van der Waals surface area contributed by atoms with Crippen LogP contribution in [0.1, 0.15) is 40.0 Å². The summed E-state index contributed by atoms with van der Waals surface area (Å²) in [4.78, 5) is 11.4. The van der Waals surface area contributed by atoms with Crippen LogP contribution in [0.15, 0.2) is 12.2 Å². The van der Waals surface area contributed by atoms with E-state index in [0.717, 1.165) is 5.92 Å². The quantitative estimate of drug-likeness (QED) is 0.592. The zero-order valence-electron chi connectivity index (χ0n) is 11.3. The van der Waals surface area contributed by atoms with Crippen LogP contribution >= 0.6 is 0 Å². The van der Waals surface area contributed by atoms with Gasteiger partial charge in [-0.05, 0) is 25.2 Å². The Bertz CT molecular complexity index is 275. The first-order chi connectivity index (χ1) is 8.06. The van der Waals surface area contributed by atoms with Gasteiger partial charge in [0.05, 0.1) is 6.61 Å². The smallest absolute Gasteiger partial charge is 0.334 e. The summed E-state index contributed by atoms with van der Waals surface area (Å²) in [6.45, 7) is 11.1. The molecular formula is C14H25NO2. The van der Waals surface area contributed by atoms with Gasteiger partial charge < -0.3 is 10.1 Å². The highest BCUT2D eigenvalue weighted by atomic mass is 16.5. The normalized spacial score (nSPS) is 28.8. The predicted molar refractivity (Wildman–Crippen MR) is 69.7 cm³/mol. The van der Waals surface area contributed by atoms with Crippen LogP contribution in [0.3, 0.4) is 0 Å². The van der Waals surface area contributed by atoms with Crippen LogP contribution in [0.4, 0.5) is 0 Å². The maximum Gasteiger partial charge on any atom is 0.334 e. The highest BCUT2D eigenvalue weighted by molar-refractivity contribution is 5.88.